The Hall–Kier alpha value is -1.16. The Morgan fingerprint density at radius 3 is 2.80 bits per heavy atom. The second-order valence-corrected chi connectivity index (χ2v) is 6.59. The highest BCUT2D eigenvalue weighted by Gasteiger charge is 2.21. The van der Waals surface area contributed by atoms with Gasteiger partial charge < -0.3 is 11.1 Å². The topological polar surface area (TPSA) is 55.1 Å². The molecule has 0 aromatic heterocycles. The van der Waals surface area contributed by atoms with Gasteiger partial charge in [-0.25, -0.2) is 0 Å². The first-order valence-corrected chi connectivity index (χ1v) is 8.52. The van der Waals surface area contributed by atoms with Crippen molar-refractivity contribution >= 4 is 29.0 Å². The monoisotopic (exact) mass is 292 g/mol. The molecule has 0 bridgehead atoms. The zero-order chi connectivity index (χ0) is 14.4. The molecule has 0 aliphatic heterocycles. The lowest BCUT2D eigenvalue weighted by Crippen LogP contribution is -2.25. The van der Waals surface area contributed by atoms with Crippen molar-refractivity contribution in [3.8, 4) is 0 Å². The number of thioether (sulfide) groups is 1. The summed E-state index contributed by atoms with van der Waals surface area (Å²) in [6.45, 7) is 2.16. The maximum atomic E-state index is 12.3. The highest BCUT2D eigenvalue weighted by Crippen LogP contribution is 2.29. The van der Waals surface area contributed by atoms with Crippen molar-refractivity contribution in [2.45, 2.75) is 50.3 Å². The lowest BCUT2D eigenvalue weighted by atomic mass is 9.88. The number of nitrogens with two attached hydrogens (primary N) is 1. The summed E-state index contributed by atoms with van der Waals surface area (Å²) < 4.78 is 0. The van der Waals surface area contributed by atoms with E-state index >= 15 is 0 Å². The average Bonchev–Trinajstić information content (AvgIpc) is 2.49. The molecule has 3 nitrogen and oxygen atoms in total. The number of amides is 1. The summed E-state index contributed by atoms with van der Waals surface area (Å²) in [6, 6.07) is 5.90. The van der Waals surface area contributed by atoms with Gasteiger partial charge in [-0.2, -0.15) is 0 Å². The summed E-state index contributed by atoms with van der Waals surface area (Å²) in [4.78, 5) is 13.4. The fourth-order valence-corrected chi connectivity index (χ4v) is 3.36. The van der Waals surface area contributed by atoms with Crippen LogP contribution in [0.2, 0.25) is 0 Å². The minimum atomic E-state index is 0.133. The van der Waals surface area contributed by atoms with Crippen LogP contribution in [0.4, 0.5) is 11.4 Å². The van der Waals surface area contributed by atoms with Crippen molar-refractivity contribution in [3.63, 3.8) is 0 Å². The third-order valence-corrected chi connectivity index (χ3v) is 4.93. The second-order valence-electron chi connectivity index (χ2n) is 5.42. The van der Waals surface area contributed by atoms with E-state index < -0.39 is 0 Å². The van der Waals surface area contributed by atoms with E-state index in [0.29, 0.717) is 5.69 Å². The quantitative estimate of drug-likeness (QED) is 0.629. The van der Waals surface area contributed by atoms with Crippen LogP contribution in [-0.4, -0.2) is 11.7 Å². The molecule has 20 heavy (non-hydrogen) atoms. The summed E-state index contributed by atoms with van der Waals surface area (Å²) >= 11 is 1.80. The van der Waals surface area contributed by atoms with Crippen molar-refractivity contribution < 1.29 is 4.79 Å². The lowest BCUT2D eigenvalue weighted by molar-refractivity contribution is -0.120. The Bertz CT molecular complexity index is 456. The van der Waals surface area contributed by atoms with Crippen LogP contribution in [-0.2, 0) is 4.79 Å². The van der Waals surface area contributed by atoms with Crippen LogP contribution in [0.25, 0.3) is 0 Å². The van der Waals surface area contributed by atoms with Gasteiger partial charge in [0.25, 0.3) is 0 Å². The van der Waals surface area contributed by atoms with Crippen molar-refractivity contribution in [3.05, 3.63) is 18.2 Å². The van der Waals surface area contributed by atoms with Gasteiger partial charge >= 0.3 is 0 Å². The largest absolute Gasteiger partial charge is 0.397 e. The summed E-state index contributed by atoms with van der Waals surface area (Å²) in [6.07, 6.45) is 6.75. The molecule has 0 heterocycles. The van der Waals surface area contributed by atoms with E-state index in [1.54, 1.807) is 11.8 Å². The van der Waals surface area contributed by atoms with Crippen molar-refractivity contribution in [2.24, 2.45) is 5.92 Å². The summed E-state index contributed by atoms with van der Waals surface area (Å²) in [7, 11) is 0. The summed E-state index contributed by atoms with van der Waals surface area (Å²) in [5.74, 6) is 1.38. The van der Waals surface area contributed by atoms with E-state index in [0.717, 1.165) is 30.7 Å². The Kier molecular flexibility index (Phi) is 5.77. The van der Waals surface area contributed by atoms with Gasteiger partial charge in [-0.05, 0) is 43.2 Å². The number of carbonyl (C=O) groups excluding carboxylic acids is 1. The predicted octanol–water partition coefficient (Wildman–Crippen LogP) is 4.29. The molecule has 1 aromatic carbocycles. The molecule has 1 aliphatic carbocycles. The third-order valence-electron chi connectivity index (χ3n) is 3.73. The molecule has 0 radical (unpaired) electrons. The number of hydrogen-bond donors (Lipinski definition) is 2. The molecule has 0 atom stereocenters. The molecular weight excluding hydrogens is 268 g/mol. The molecule has 1 saturated carbocycles. The second kappa shape index (κ2) is 7.58. The van der Waals surface area contributed by atoms with Gasteiger partial charge in [0, 0.05) is 10.8 Å². The average molecular weight is 292 g/mol. The molecule has 1 aromatic rings. The van der Waals surface area contributed by atoms with E-state index in [9.17, 15) is 4.79 Å². The molecule has 2 rings (SSSR count). The normalized spacial score (nSPS) is 16.1. The number of carbonyl (C=O) groups is 1. The van der Waals surface area contributed by atoms with Crippen LogP contribution in [0.3, 0.4) is 0 Å². The van der Waals surface area contributed by atoms with Crippen molar-refractivity contribution in [2.75, 3.05) is 16.8 Å². The van der Waals surface area contributed by atoms with E-state index in [1.165, 1.54) is 24.2 Å². The van der Waals surface area contributed by atoms with Gasteiger partial charge in [-0.15, -0.1) is 11.8 Å². The van der Waals surface area contributed by atoms with Gasteiger partial charge in [0.2, 0.25) is 5.91 Å². The molecule has 4 heteroatoms. The van der Waals surface area contributed by atoms with E-state index in [-0.39, 0.29) is 11.8 Å². The highest BCUT2D eigenvalue weighted by molar-refractivity contribution is 7.99. The van der Waals surface area contributed by atoms with Crippen LogP contribution < -0.4 is 11.1 Å². The van der Waals surface area contributed by atoms with Gasteiger partial charge in [0.05, 0.1) is 11.4 Å². The molecule has 110 valence electrons. The molecule has 3 N–H and O–H groups in total. The molecule has 0 saturated heterocycles. The SMILES string of the molecule is CCCSc1ccc(N)c(NC(=O)C2CCCCC2)c1. The number of nitrogen functional groups attached to an aromatic ring is 1. The Morgan fingerprint density at radius 1 is 1.35 bits per heavy atom. The fourth-order valence-electron chi connectivity index (χ4n) is 2.55. The number of nitrogens with one attached hydrogen (secondary N) is 1. The first kappa shape index (κ1) is 15.2. The number of rotatable bonds is 5. The zero-order valence-corrected chi connectivity index (χ0v) is 13.0. The molecule has 0 spiro atoms. The standard InChI is InChI=1S/C16H24N2OS/c1-2-10-20-13-8-9-14(17)15(11-13)18-16(19)12-6-4-3-5-7-12/h8-9,11-12H,2-7,10,17H2,1H3,(H,18,19). The van der Waals surface area contributed by atoms with Crippen LogP contribution in [0, 0.1) is 5.92 Å². The predicted molar refractivity (Wildman–Crippen MR) is 87.1 cm³/mol. The van der Waals surface area contributed by atoms with E-state index in [2.05, 4.69) is 12.2 Å². The Morgan fingerprint density at radius 2 is 2.10 bits per heavy atom. The highest BCUT2D eigenvalue weighted by atomic mass is 32.2. The number of benzene rings is 1. The smallest absolute Gasteiger partial charge is 0.227 e. The minimum Gasteiger partial charge on any atom is -0.397 e. The fraction of sp³-hybridized carbons (Fsp3) is 0.562. The first-order chi connectivity index (χ1) is 9.70. The van der Waals surface area contributed by atoms with E-state index in [1.807, 2.05) is 18.2 Å². The van der Waals surface area contributed by atoms with Crippen LogP contribution in [0.5, 0.6) is 0 Å². The van der Waals surface area contributed by atoms with Gasteiger partial charge in [-0.1, -0.05) is 26.2 Å². The van der Waals surface area contributed by atoms with Crippen LogP contribution in [0.15, 0.2) is 23.1 Å². The molecule has 1 amide bonds. The molecule has 1 fully saturated rings. The maximum Gasteiger partial charge on any atom is 0.227 e. The van der Waals surface area contributed by atoms with Crippen LogP contribution >= 0.6 is 11.8 Å². The molecular formula is C16H24N2OS. The van der Waals surface area contributed by atoms with Gasteiger partial charge in [-0.3, -0.25) is 4.79 Å². The lowest BCUT2D eigenvalue weighted by Gasteiger charge is -2.21. The zero-order valence-electron chi connectivity index (χ0n) is 12.2. The summed E-state index contributed by atoms with van der Waals surface area (Å²) in [5, 5.41) is 3.02. The van der Waals surface area contributed by atoms with Gasteiger partial charge in [0.15, 0.2) is 0 Å². The summed E-state index contributed by atoms with van der Waals surface area (Å²) in [5.41, 5.74) is 7.39. The maximum absolute atomic E-state index is 12.3. The van der Waals surface area contributed by atoms with Crippen molar-refractivity contribution in [1.82, 2.24) is 0 Å². The molecule has 0 unspecified atom stereocenters. The Labute approximate surface area is 125 Å². The number of hydrogen-bond acceptors (Lipinski definition) is 3. The van der Waals surface area contributed by atoms with Crippen molar-refractivity contribution in [1.29, 1.82) is 0 Å². The van der Waals surface area contributed by atoms with Gasteiger partial charge in [0.1, 0.15) is 0 Å². The number of anilines is 2. The third kappa shape index (κ3) is 4.17. The molecule has 1 aliphatic rings. The Balaban J connectivity index is 2.01. The first-order valence-electron chi connectivity index (χ1n) is 7.54. The van der Waals surface area contributed by atoms with E-state index in [4.69, 9.17) is 5.73 Å². The van der Waals surface area contributed by atoms with Crippen LogP contribution in [0.1, 0.15) is 45.4 Å². The minimum absolute atomic E-state index is 0.133.